The number of halogens is 1. The van der Waals surface area contributed by atoms with E-state index in [-0.39, 0.29) is 88.5 Å². The van der Waals surface area contributed by atoms with Gasteiger partial charge in [-0.1, -0.05) is 48.3 Å². The first-order valence-electron chi connectivity index (χ1n) is 22.9. The molecule has 1 heterocycles. The molecule has 1 fully saturated rings. The fraction of sp³-hybridized carbons (Fsp3) is 0.490. The zero-order valence-corrected chi connectivity index (χ0v) is 38.2. The van der Waals surface area contributed by atoms with E-state index in [0.29, 0.717) is 41.2 Å². The zero-order valence-electron chi connectivity index (χ0n) is 38.2. The van der Waals surface area contributed by atoms with Crippen LogP contribution in [0.1, 0.15) is 88.3 Å². The summed E-state index contributed by atoms with van der Waals surface area (Å²) in [6.45, 7) is 9.79. The third kappa shape index (κ3) is 12.1. The van der Waals surface area contributed by atoms with Crippen LogP contribution in [0.4, 0.5) is 10.1 Å². The Labute approximate surface area is 386 Å². The molecule has 6 rings (SSSR count). The molecule has 15 heteroatoms. The highest BCUT2D eigenvalue weighted by Gasteiger charge is 2.65. The van der Waals surface area contributed by atoms with Gasteiger partial charge in [-0.25, -0.2) is 4.39 Å². The van der Waals surface area contributed by atoms with Crippen molar-refractivity contribution in [3.05, 3.63) is 130 Å². The molecular formula is C51H64FN3O11. The molecule has 0 spiro atoms. The van der Waals surface area contributed by atoms with Crippen molar-refractivity contribution in [2.75, 3.05) is 46.2 Å². The number of nitro groups is 1. The Balaban J connectivity index is 1.57. The lowest BCUT2D eigenvalue weighted by molar-refractivity contribution is -0.384. The maximum absolute atomic E-state index is 14.9. The number of amides is 1. The van der Waals surface area contributed by atoms with Gasteiger partial charge in [0.05, 0.1) is 43.0 Å². The minimum Gasteiger partial charge on any atom is -0.489 e. The van der Waals surface area contributed by atoms with Crippen LogP contribution >= 0.6 is 0 Å². The van der Waals surface area contributed by atoms with E-state index in [0.717, 1.165) is 36.8 Å². The van der Waals surface area contributed by atoms with Gasteiger partial charge in [0, 0.05) is 61.4 Å². The van der Waals surface area contributed by atoms with Crippen molar-refractivity contribution in [2.45, 2.75) is 95.7 Å². The topological polar surface area (TPSA) is 183 Å². The summed E-state index contributed by atoms with van der Waals surface area (Å²) in [5.41, 5.74) is 2.51. The number of nitrogens with zero attached hydrogens (tertiary/aromatic N) is 3. The van der Waals surface area contributed by atoms with Crippen molar-refractivity contribution in [3.63, 3.8) is 0 Å². The van der Waals surface area contributed by atoms with Crippen LogP contribution in [0, 0.1) is 33.7 Å². The van der Waals surface area contributed by atoms with E-state index in [2.05, 4.69) is 12.7 Å². The van der Waals surface area contributed by atoms with Crippen LogP contribution in [0.15, 0.2) is 102 Å². The van der Waals surface area contributed by atoms with Gasteiger partial charge in [0.1, 0.15) is 35.6 Å². The average Bonchev–Trinajstić information content (AvgIpc) is 3.30. The molecular weight excluding hydrogens is 850 g/mol. The largest absolute Gasteiger partial charge is 0.489 e. The van der Waals surface area contributed by atoms with Crippen LogP contribution in [0.5, 0.6) is 11.5 Å². The summed E-state index contributed by atoms with van der Waals surface area (Å²) in [6.07, 6.45) is 11.2. The number of ether oxygens (including phenoxy) is 4. The van der Waals surface area contributed by atoms with Crippen LogP contribution in [-0.2, 0) is 25.7 Å². The van der Waals surface area contributed by atoms with Crippen LogP contribution in [0.25, 0.3) is 6.08 Å². The maximum atomic E-state index is 14.9. The number of aliphatic hydroxyl groups excluding tert-OH is 3. The number of non-ortho nitro benzene ring substituents is 1. The summed E-state index contributed by atoms with van der Waals surface area (Å²) < 4.78 is 41.2. The van der Waals surface area contributed by atoms with Crippen molar-refractivity contribution in [1.82, 2.24) is 4.90 Å². The number of aliphatic hydroxyl groups is 3. The standard InChI is InChI=1S/C51H64FN3O11/c1-5-28-64-51-46(54(24-29-62-30-27-58)47(59)23-18-35-16-19-38(20-17-35)55(60)61)33-44(53-66-50(2,3)4)41-31-36(12-8-10-25-56)40(14-9-11-26-57)48(49(41)51)42-32-39(21-22-45(42)65-51)63-34-37-13-6-7-15-43(37)52/h5-7,13,15-23,31-32,36,40,46,48-49,56-58H,1,8-12,14,24-30,33-34H2,2-4H3/t36-,40+,46-,48+,49+,51+/m0/s1. The number of hydrogen-bond donors (Lipinski definition) is 3. The van der Waals surface area contributed by atoms with Gasteiger partial charge in [0.15, 0.2) is 0 Å². The Bertz CT molecular complexity index is 2210. The molecule has 14 nitrogen and oxygen atoms in total. The molecule has 3 aliphatic rings. The van der Waals surface area contributed by atoms with Crippen LogP contribution in [0.3, 0.4) is 0 Å². The molecule has 1 saturated carbocycles. The molecule has 3 aromatic carbocycles. The number of hydrogen-bond acceptors (Lipinski definition) is 12. The van der Waals surface area contributed by atoms with Gasteiger partial charge in [0.25, 0.3) is 5.69 Å². The highest BCUT2D eigenvalue weighted by molar-refractivity contribution is 6.03. The summed E-state index contributed by atoms with van der Waals surface area (Å²) in [5.74, 6) is -2.34. The molecule has 3 N–H and O–H groups in total. The molecule has 0 bridgehead atoms. The van der Waals surface area contributed by atoms with E-state index in [9.17, 15) is 34.6 Å². The number of oxime groups is 1. The second kappa shape index (κ2) is 23.3. The van der Waals surface area contributed by atoms with Crippen LogP contribution in [0.2, 0.25) is 0 Å². The Kier molecular flexibility index (Phi) is 17.7. The van der Waals surface area contributed by atoms with Crippen molar-refractivity contribution in [2.24, 2.45) is 22.9 Å². The summed E-state index contributed by atoms with van der Waals surface area (Å²) in [4.78, 5) is 33.6. The van der Waals surface area contributed by atoms with Crippen LogP contribution in [-0.4, -0.2) is 100 Å². The highest BCUT2D eigenvalue weighted by atomic mass is 19.1. The van der Waals surface area contributed by atoms with Gasteiger partial charge in [0.2, 0.25) is 11.7 Å². The number of allylic oxidation sites excluding steroid dienone is 1. The van der Waals surface area contributed by atoms with Gasteiger partial charge in [-0.15, -0.1) is 6.58 Å². The summed E-state index contributed by atoms with van der Waals surface area (Å²) in [7, 11) is 0. The second-order valence-electron chi connectivity index (χ2n) is 17.9. The molecule has 2 aliphatic carbocycles. The van der Waals surface area contributed by atoms with E-state index < -0.39 is 34.2 Å². The Morgan fingerprint density at radius 3 is 2.44 bits per heavy atom. The fourth-order valence-electron chi connectivity index (χ4n) is 9.43. The minimum absolute atomic E-state index is 0.00645. The number of unbranched alkanes of at least 4 members (excludes halogenated alkanes) is 2. The number of nitro benzene ring substituents is 1. The minimum atomic E-state index is -1.56. The summed E-state index contributed by atoms with van der Waals surface area (Å²) >= 11 is 0. The normalized spacial score (nSPS) is 22.8. The first-order chi connectivity index (χ1) is 31.8. The molecule has 0 unspecified atom stereocenters. The van der Waals surface area contributed by atoms with Gasteiger partial charge >= 0.3 is 0 Å². The molecule has 6 atom stereocenters. The van der Waals surface area contributed by atoms with Crippen molar-refractivity contribution >= 4 is 23.4 Å². The Morgan fingerprint density at radius 2 is 1.76 bits per heavy atom. The molecule has 0 aromatic heterocycles. The molecule has 1 aliphatic heterocycles. The third-order valence-electron chi connectivity index (χ3n) is 12.3. The number of benzene rings is 3. The van der Waals surface area contributed by atoms with Gasteiger partial charge in [-0.05, 0) is 112 Å². The third-order valence-corrected chi connectivity index (χ3v) is 12.3. The van der Waals surface area contributed by atoms with Gasteiger partial charge in [-0.3, -0.25) is 14.9 Å². The average molecular weight is 914 g/mol. The van der Waals surface area contributed by atoms with Gasteiger partial charge in [-0.2, -0.15) is 0 Å². The lowest BCUT2D eigenvalue weighted by Gasteiger charge is -2.60. The van der Waals surface area contributed by atoms with Crippen molar-refractivity contribution in [3.8, 4) is 11.5 Å². The Morgan fingerprint density at radius 1 is 1.02 bits per heavy atom. The van der Waals surface area contributed by atoms with E-state index in [1.807, 2.05) is 32.9 Å². The Hall–Kier alpha value is -5.45. The van der Waals surface area contributed by atoms with E-state index >= 15 is 0 Å². The van der Waals surface area contributed by atoms with Crippen LogP contribution < -0.4 is 9.47 Å². The highest BCUT2D eigenvalue weighted by Crippen LogP contribution is 2.62. The lowest BCUT2D eigenvalue weighted by atomic mass is 9.55. The quantitative estimate of drug-likeness (QED) is 0.0259. The van der Waals surface area contributed by atoms with E-state index in [1.54, 1.807) is 53.5 Å². The molecule has 3 aromatic rings. The monoisotopic (exact) mass is 913 g/mol. The molecule has 356 valence electrons. The number of fused-ring (bicyclic) bond motifs is 2. The molecule has 0 radical (unpaired) electrons. The molecule has 0 saturated heterocycles. The second-order valence-corrected chi connectivity index (χ2v) is 17.9. The fourth-order valence-corrected chi connectivity index (χ4v) is 9.43. The maximum Gasteiger partial charge on any atom is 0.269 e. The van der Waals surface area contributed by atoms with Crippen molar-refractivity contribution in [1.29, 1.82) is 0 Å². The molecule has 66 heavy (non-hydrogen) atoms. The number of carbonyl (C=O) groups is 1. The first-order valence-corrected chi connectivity index (χ1v) is 22.9. The number of rotatable bonds is 24. The van der Waals surface area contributed by atoms with E-state index in [1.165, 1.54) is 24.3 Å². The molecule has 1 amide bonds. The first kappa shape index (κ1) is 50.0. The van der Waals surface area contributed by atoms with Gasteiger partial charge < -0.3 is 44.0 Å². The number of carbonyl (C=O) groups excluding carboxylic acids is 1. The lowest BCUT2D eigenvalue weighted by Crippen LogP contribution is -2.70. The predicted octanol–water partition coefficient (Wildman–Crippen LogP) is 8.30. The predicted molar refractivity (Wildman–Crippen MR) is 248 cm³/mol. The summed E-state index contributed by atoms with van der Waals surface area (Å²) in [6, 6.07) is 17.0. The zero-order chi connectivity index (χ0) is 47.3. The SMILES string of the molecule is C=CCO[C@@]12Oc3ccc(OCc4ccccc4F)cc3[C@H]3[C@H](CCCCO)[C@@H](CCCCO)C=C(C(=NOC(C)(C)C)C[C@@H]1N(CCOCCO)C(=O)C=Cc1ccc([N+](=O)[O-])cc1)[C@H]32. The smallest absolute Gasteiger partial charge is 0.269 e. The summed E-state index contributed by atoms with van der Waals surface area (Å²) in [5, 5.41) is 45.8. The van der Waals surface area contributed by atoms with E-state index in [4.69, 9.17) is 28.9 Å². The van der Waals surface area contributed by atoms with Crippen molar-refractivity contribution < 1.29 is 53.2 Å².